The molecule has 0 atom stereocenters. The van der Waals surface area contributed by atoms with E-state index in [2.05, 4.69) is 21.3 Å². The molecular formula is C22H28N4O3. The first-order valence-electron chi connectivity index (χ1n) is 9.72. The fourth-order valence-electron chi connectivity index (χ4n) is 2.43. The largest absolute Gasteiger partial charge is 0.376 e. The maximum Gasteiger partial charge on any atom is 0.251 e. The molecule has 0 radical (unpaired) electrons. The standard InChI is InChI=1S/C22H28N4O3/c1-4-12-23-22(29)16-8-10-17(11-9-16)25-20(27)14-24-18-6-5-7-19(13-18)26-21(28)15(2)3/h5-11,13,15,24H,4,12,14H2,1-3H3,(H,23,29)(H,25,27)(H,26,28). The van der Waals surface area contributed by atoms with Gasteiger partial charge in [0.2, 0.25) is 11.8 Å². The normalized spacial score (nSPS) is 10.3. The molecule has 2 aromatic rings. The van der Waals surface area contributed by atoms with Gasteiger partial charge in [-0.25, -0.2) is 0 Å². The van der Waals surface area contributed by atoms with Crippen LogP contribution in [0.1, 0.15) is 37.6 Å². The topological polar surface area (TPSA) is 99.3 Å². The number of hydrogen-bond donors (Lipinski definition) is 4. The van der Waals surface area contributed by atoms with Crippen LogP contribution in [0.25, 0.3) is 0 Å². The van der Waals surface area contributed by atoms with Crippen molar-refractivity contribution in [2.24, 2.45) is 5.92 Å². The van der Waals surface area contributed by atoms with Crippen LogP contribution in [0.4, 0.5) is 17.1 Å². The average Bonchev–Trinajstić information content (AvgIpc) is 2.71. The van der Waals surface area contributed by atoms with Crippen LogP contribution in [-0.4, -0.2) is 30.8 Å². The van der Waals surface area contributed by atoms with Gasteiger partial charge >= 0.3 is 0 Å². The van der Waals surface area contributed by atoms with Gasteiger partial charge in [-0.15, -0.1) is 0 Å². The van der Waals surface area contributed by atoms with Crippen LogP contribution in [0.2, 0.25) is 0 Å². The van der Waals surface area contributed by atoms with E-state index in [0.29, 0.717) is 23.5 Å². The number of nitrogens with one attached hydrogen (secondary N) is 4. The van der Waals surface area contributed by atoms with Crippen LogP contribution in [-0.2, 0) is 9.59 Å². The third-order valence-electron chi connectivity index (χ3n) is 4.07. The molecule has 2 rings (SSSR count). The molecular weight excluding hydrogens is 368 g/mol. The summed E-state index contributed by atoms with van der Waals surface area (Å²) in [4.78, 5) is 35.9. The highest BCUT2D eigenvalue weighted by atomic mass is 16.2. The summed E-state index contributed by atoms with van der Waals surface area (Å²) in [6, 6.07) is 13.9. The Hall–Kier alpha value is -3.35. The van der Waals surface area contributed by atoms with Crippen LogP contribution in [0.15, 0.2) is 48.5 Å². The molecule has 3 amide bonds. The number of benzene rings is 2. The third kappa shape index (κ3) is 7.29. The van der Waals surface area contributed by atoms with Gasteiger partial charge in [-0.05, 0) is 48.9 Å². The number of amides is 3. The van der Waals surface area contributed by atoms with Crippen molar-refractivity contribution in [1.29, 1.82) is 0 Å². The Morgan fingerprint density at radius 2 is 1.59 bits per heavy atom. The first kappa shape index (κ1) is 21.9. The highest BCUT2D eigenvalue weighted by Crippen LogP contribution is 2.16. The van der Waals surface area contributed by atoms with E-state index in [4.69, 9.17) is 0 Å². The fraction of sp³-hybridized carbons (Fsp3) is 0.318. The molecule has 0 fully saturated rings. The smallest absolute Gasteiger partial charge is 0.251 e. The molecule has 7 heteroatoms. The Balaban J connectivity index is 1.85. The maximum absolute atomic E-state index is 12.2. The minimum absolute atomic E-state index is 0.0632. The van der Waals surface area contributed by atoms with E-state index in [0.717, 1.165) is 12.1 Å². The molecule has 0 saturated carbocycles. The van der Waals surface area contributed by atoms with E-state index in [1.165, 1.54) is 0 Å². The highest BCUT2D eigenvalue weighted by Gasteiger charge is 2.08. The van der Waals surface area contributed by atoms with E-state index < -0.39 is 0 Å². The van der Waals surface area contributed by atoms with Crippen molar-refractivity contribution in [2.75, 3.05) is 29.0 Å². The fourth-order valence-corrected chi connectivity index (χ4v) is 2.43. The Kier molecular flexibility index (Phi) is 8.21. The Morgan fingerprint density at radius 1 is 0.897 bits per heavy atom. The molecule has 0 aliphatic rings. The molecule has 154 valence electrons. The third-order valence-corrected chi connectivity index (χ3v) is 4.07. The molecule has 7 nitrogen and oxygen atoms in total. The number of rotatable bonds is 9. The molecule has 2 aromatic carbocycles. The van der Waals surface area contributed by atoms with Crippen LogP contribution in [0, 0.1) is 5.92 Å². The minimum Gasteiger partial charge on any atom is -0.376 e. The van der Waals surface area contributed by atoms with Gasteiger partial charge in [-0.1, -0.05) is 26.8 Å². The summed E-state index contributed by atoms with van der Waals surface area (Å²) < 4.78 is 0. The van der Waals surface area contributed by atoms with Crippen LogP contribution in [0.5, 0.6) is 0 Å². The summed E-state index contributed by atoms with van der Waals surface area (Å²) in [6.07, 6.45) is 0.875. The molecule has 29 heavy (non-hydrogen) atoms. The summed E-state index contributed by atoms with van der Waals surface area (Å²) in [5, 5.41) is 11.4. The van der Waals surface area contributed by atoms with Crippen molar-refractivity contribution in [3.05, 3.63) is 54.1 Å². The van der Waals surface area contributed by atoms with E-state index >= 15 is 0 Å². The van der Waals surface area contributed by atoms with Gasteiger partial charge in [0.15, 0.2) is 0 Å². The van der Waals surface area contributed by atoms with Gasteiger partial charge in [0.05, 0.1) is 6.54 Å². The molecule has 0 unspecified atom stereocenters. The predicted molar refractivity (Wildman–Crippen MR) is 116 cm³/mol. The second-order valence-electron chi connectivity index (χ2n) is 6.96. The summed E-state index contributed by atoms with van der Waals surface area (Å²) in [5.41, 5.74) is 2.56. The van der Waals surface area contributed by atoms with Crippen molar-refractivity contribution >= 4 is 34.8 Å². The Labute approximate surface area is 171 Å². The molecule has 4 N–H and O–H groups in total. The maximum atomic E-state index is 12.2. The average molecular weight is 396 g/mol. The van der Waals surface area contributed by atoms with Gasteiger partial charge in [0, 0.05) is 35.1 Å². The van der Waals surface area contributed by atoms with Crippen LogP contribution >= 0.6 is 0 Å². The lowest BCUT2D eigenvalue weighted by Crippen LogP contribution is -2.24. The first-order valence-corrected chi connectivity index (χ1v) is 9.72. The van der Waals surface area contributed by atoms with Gasteiger partial charge in [-0.2, -0.15) is 0 Å². The van der Waals surface area contributed by atoms with Gasteiger partial charge in [0.1, 0.15) is 0 Å². The quantitative estimate of drug-likeness (QED) is 0.521. The second-order valence-corrected chi connectivity index (χ2v) is 6.96. The van der Waals surface area contributed by atoms with Gasteiger partial charge < -0.3 is 21.3 Å². The van der Waals surface area contributed by atoms with Crippen LogP contribution < -0.4 is 21.3 Å². The highest BCUT2D eigenvalue weighted by molar-refractivity contribution is 5.97. The molecule has 0 spiro atoms. The first-order chi connectivity index (χ1) is 13.9. The number of carbonyl (C=O) groups excluding carboxylic acids is 3. The van der Waals surface area contributed by atoms with Gasteiger partial charge in [-0.3, -0.25) is 14.4 Å². The van der Waals surface area contributed by atoms with E-state index in [-0.39, 0.29) is 30.2 Å². The molecule has 0 heterocycles. The molecule has 0 aliphatic heterocycles. The molecule has 0 aromatic heterocycles. The monoisotopic (exact) mass is 396 g/mol. The van der Waals surface area contributed by atoms with Crippen molar-refractivity contribution in [2.45, 2.75) is 27.2 Å². The lowest BCUT2D eigenvalue weighted by Gasteiger charge is -2.11. The minimum atomic E-state index is -0.218. The Bertz CT molecular complexity index is 847. The number of hydrogen-bond acceptors (Lipinski definition) is 4. The summed E-state index contributed by atoms with van der Waals surface area (Å²) >= 11 is 0. The number of carbonyl (C=O) groups is 3. The number of anilines is 3. The van der Waals surface area contributed by atoms with Crippen LogP contribution in [0.3, 0.4) is 0 Å². The summed E-state index contributed by atoms with van der Waals surface area (Å²) in [5.74, 6) is -0.520. The van der Waals surface area contributed by atoms with Gasteiger partial charge in [0.25, 0.3) is 5.91 Å². The molecule has 0 bridgehead atoms. The van der Waals surface area contributed by atoms with Crippen molar-refractivity contribution in [1.82, 2.24) is 5.32 Å². The zero-order valence-corrected chi connectivity index (χ0v) is 17.0. The lowest BCUT2D eigenvalue weighted by molar-refractivity contribution is -0.119. The second kappa shape index (κ2) is 10.8. The molecule has 0 saturated heterocycles. The summed E-state index contributed by atoms with van der Waals surface area (Å²) in [6.45, 7) is 6.34. The predicted octanol–water partition coefficient (Wildman–Crippen LogP) is 3.47. The van der Waals surface area contributed by atoms with Crippen molar-refractivity contribution < 1.29 is 14.4 Å². The molecule has 0 aliphatic carbocycles. The van der Waals surface area contributed by atoms with E-state index in [9.17, 15) is 14.4 Å². The Morgan fingerprint density at radius 3 is 2.24 bits per heavy atom. The van der Waals surface area contributed by atoms with E-state index in [1.54, 1.807) is 42.5 Å². The zero-order valence-electron chi connectivity index (χ0n) is 17.0. The lowest BCUT2D eigenvalue weighted by atomic mass is 10.2. The van der Waals surface area contributed by atoms with Crippen molar-refractivity contribution in [3.63, 3.8) is 0 Å². The van der Waals surface area contributed by atoms with Crippen molar-refractivity contribution in [3.8, 4) is 0 Å². The zero-order chi connectivity index (χ0) is 21.2. The SMILES string of the molecule is CCCNC(=O)c1ccc(NC(=O)CNc2cccc(NC(=O)C(C)C)c2)cc1. The summed E-state index contributed by atoms with van der Waals surface area (Å²) in [7, 11) is 0. The van der Waals surface area contributed by atoms with E-state index in [1.807, 2.05) is 26.8 Å².